The zero-order chi connectivity index (χ0) is 15.2. The van der Waals surface area contributed by atoms with Crippen LogP contribution in [0.2, 0.25) is 0 Å². The molecule has 1 aromatic rings. The number of sulfone groups is 1. The summed E-state index contributed by atoms with van der Waals surface area (Å²) < 4.78 is 51.1. The van der Waals surface area contributed by atoms with Gasteiger partial charge in [0.1, 0.15) is 0 Å². The highest BCUT2D eigenvalue weighted by molar-refractivity contribution is 9.10. The van der Waals surface area contributed by atoms with E-state index in [9.17, 15) is 16.8 Å². The van der Waals surface area contributed by atoms with Crippen molar-refractivity contribution in [1.29, 1.82) is 0 Å². The number of hydrogen-bond donors (Lipinski definition) is 1. The molecule has 1 aliphatic rings. The highest BCUT2D eigenvalue weighted by atomic mass is 79.9. The van der Waals surface area contributed by atoms with Crippen molar-refractivity contribution in [1.82, 2.24) is 4.72 Å². The Kier molecular flexibility index (Phi) is 4.05. The van der Waals surface area contributed by atoms with Crippen LogP contribution in [0.3, 0.4) is 0 Å². The van der Waals surface area contributed by atoms with E-state index >= 15 is 0 Å². The lowest BCUT2D eigenvalue weighted by molar-refractivity contribution is 0.462. The Morgan fingerprint density at radius 3 is 2.50 bits per heavy atom. The van der Waals surface area contributed by atoms with Crippen LogP contribution in [0.25, 0.3) is 0 Å². The average molecular weight is 382 g/mol. The zero-order valence-corrected chi connectivity index (χ0v) is 14.4. The smallest absolute Gasteiger partial charge is 0.229 e. The first-order chi connectivity index (χ1) is 9.03. The minimum Gasteiger partial charge on any atom is -0.229 e. The van der Waals surface area contributed by atoms with Crippen molar-refractivity contribution < 1.29 is 16.8 Å². The fourth-order valence-corrected chi connectivity index (χ4v) is 6.21. The summed E-state index contributed by atoms with van der Waals surface area (Å²) in [7, 11) is -6.88. The van der Waals surface area contributed by atoms with Crippen molar-refractivity contribution in [3.05, 3.63) is 28.2 Å². The van der Waals surface area contributed by atoms with Gasteiger partial charge in [0, 0.05) is 10.0 Å². The van der Waals surface area contributed by atoms with Gasteiger partial charge in [0.2, 0.25) is 10.0 Å². The number of halogens is 1. The first-order valence-electron chi connectivity index (χ1n) is 6.04. The van der Waals surface area contributed by atoms with Gasteiger partial charge in [-0.1, -0.05) is 15.9 Å². The van der Waals surface area contributed by atoms with Crippen LogP contribution in [0, 0.1) is 6.92 Å². The number of aryl methyl sites for hydroxylation is 1. The van der Waals surface area contributed by atoms with Crippen molar-refractivity contribution in [2.24, 2.45) is 0 Å². The Balaban J connectivity index is 2.30. The largest absolute Gasteiger partial charge is 0.241 e. The van der Waals surface area contributed by atoms with Gasteiger partial charge in [0.15, 0.2) is 9.84 Å². The van der Waals surface area contributed by atoms with Crippen molar-refractivity contribution in [2.45, 2.75) is 30.7 Å². The van der Waals surface area contributed by atoms with E-state index in [4.69, 9.17) is 0 Å². The summed E-state index contributed by atoms with van der Waals surface area (Å²) in [6, 6.07) is 4.71. The second-order valence-corrected chi connectivity index (χ2v) is 10.1. The third-order valence-corrected chi connectivity index (χ3v) is 7.75. The van der Waals surface area contributed by atoms with Gasteiger partial charge in [-0.2, -0.15) is 0 Å². The molecule has 0 spiro atoms. The molecule has 1 aromatic carbocycles. The average Bonchev–Trinajstić information content (AvgIpc) is 2.55. The van der Waals surface area contributed by atoms with E-state index in [0.717, 1.165) is 10.0 Å². The molecule has 1 saturated heterocycles. The number of hydrogen-bond acceptors (Lipinski definition) is 4. The summed E-state index contributed by atoms with van der Waals surface area (Å²) in [6.45, 7) is 3.42. The van der Waals surface area contributed by atoms with Crippen LogP contribution in [0.5, 0.6) is 0 Å². The molecule has 0 radical (unpaired) electrons. The summed E-state index contributed by atoms with van der Waals surface area (Å²) in [6.07, 6.45) is 0.296. The van der Waals surface area contributed by atoms with Gasteiger partial charge in [0.05, 0.1) is 16.4 Å². The highest BCUT2D eigenvalue weighted by Gasteiger charge is 2.41. The molecule has 0 aromatic heterocycles. The quantitative estimate of drug-likeness (QED) is 0.862. The molecule has 1 atom stereocenters. The molecule has 8 heteroatoms. The van der Waals surface area contributed by atoms with E-state index in [-0.39, 0.29) is 16.4 Å². The first kappa shape index (κ1) is 15.9. The van der Waals surface area contributed by atoms with E-state index in [1.807, 2.05) is 0 Å². The standard InChI is InChI=1S/C12H16BrNO4S2/c1-9-7-10(3-4-11(9)13)20(17,18)14-12(2)5-6-19(15,16)8-12/h3-4,7,14H,5-6,8H2,1-2H3/t12-/m1/s1. The first-order valence-corrected chi connectivity index (χ1v) is 10.1. The van der Waals surface area contributed by atoms with Gasteiger partial charge in [0.25, 0.3) is 0 Å². The van der Waals surface area contributed by atoms with Crippen LogP contribution in [0.1, 0.15) is 18.9 Å². The fourth-order valence-electron chi connectivity index (χ4n) is 2.26. The molecule has 1 aliphatic heterocycles. The van der Waals surface area contributed by atoms with Crippen LogP contribution < -0.4 is 4.72 Å². The SMILES string of the molecule is Cc1cc(S(=O)(=O)N[C@]2(C)CCS(=O)(=O)C2)ccc1Br. The van der Waals surface area contributed by atoms with Crippen molar-refractivity contribution in [3.63, 3.8) is 0 Å². The lowest BCUT2D eigenvalue weighted by Crippen LogP contribution is -2.46. The second-order valence-electron chi connectivity index (χ2n) is 5.42. The number of nitrogens with one attached hydrogen (secondary N) is 1. The van der Waals surface area contributed by atoms with E-state index < -0.39 is 25.4 Å². The fraction of sp³-hybridized carbons (Fsp3) is 0.500. The van der Waals surface area contributed by atoms with Gasteiger partial charge >= 0.3 is 0 Å². The van der Waals surface area contributed by atoms with Crippen LogP contribution in [-0.2, 0) is 19.9 Å². The Morgan fingerprint density at radius 1 is 1.35 bits per heavy atom. The van der Waals surface area contributed by atoms with Gasteiger partial charge in [-0.3, -0.25) is 0 Å². The van der Waals surface area contributed by atoms with Crippen molar-refractivity contribution in [3.8, 4) is 0 Å². The molecule has 0 aliphatic carbocycles. The molecule has 0 bridgehead atoms. The van der Waals surface area contributed by atoms with E-state index in [2.05, 4.69) is 20.7 Å². The van der Waals surface area contributed by atoms with Crippen LogP contribution >= 0.6 is 15.9 Å². The third-order valence-electron chi connectivity index (χ3n) is 3.32. The molecular formula is C12H16BrNO4S2. The Labute approximate surface area is 127 Å². The predicted molar refractivity (Wildman–Crippen MR) is 80.9 cm³/mol. The maximum atomic E-state index is 12.3. The van der Waals surface area contributed by atoms with Gasteiger partial charge in [-0.25, -0.2) is 21.6 Å². The normalized spacial score (nSPS) is 25.8. The molecule has 0 amide bonds. The molecule has 5 nitrogen and oxygen atoms in total. The minimum absolute atomic E-state index is 0.0192. The van der Waals surface area contributed by atoms with Gasteiger partial charge in [-0.15, -0.1) is 0 Å². The molecule has 0 saturated carbocycles. The molecule has 112 valence electrons. The van der Waals surface area contributed by atoms with E-state index in [1.165, 1.54) is 6.07 Å². The monoisotopic (exact) mass is 381 g/mol. The summed E-state index contributed by atoms with van der Waals surface area (Å²) in [5, 5.41) is 0. The van der Waals surface area contributed by atoms with Crippen LogP contribution in [0.4, 0.5) is 0 Å². The summed E-state index contributed by atoms with van der Waals surface area (Å²) in [5.41, 5.74) is -0.129. The Bertz CT molecular complexity index is 743. The number of rotatable bonds is 3. The Morgan fingerprint density at radius 2 is 2.00 bits per heavy atom. The molecular weight excluding hydrogens is 366 g/mol. The lowest BCUT2D eigenvalue weighted by atomic mass is 10.0. The predicted octanol–water partition coefficient (Wildman–Crippen LogP) is 1.61. The molecule has 1 heterocycles. The van der Waals surface area contributed by atoms with Crippen LogP contribution in [-0.4, -0.2) is 33.9 Å². The van der Waals surface area contributed by atoms with Gasteiger partial charge < -0.3 is 0 Å². The summed E-state index contributed by atoms with van der Waals surface area (Å²) >= 11 is 3.32. The van der Waals surface area contributed by atoms with E-state index in [1.54, 1.807) is 26.0 Å². The molecule has 0 unspecified atom stereocenters. The summed E-state index contributed by atoms with van der Waals surface area (Å²) in [5.74, 6) is -0.139. The van der Waals surface area contributed by atoms with Gasteiger partial charge in [-0.05, 0) is 44.0 Å². The molecule has 1 N–H and O–H groups in total. The van der Waals surface area contributed by atoms with Crippen molar-refractivity contribution in [2.75, 3.05) is 11.5 Å². The zero-order valence-electron chi connectivity index (χ0n) is 11.2. The van der Waals surface area contributed by atoms with Crippen LogP contribution in [0.15, 0.2) is 27.6 Å². The number of sulfonamides is 1. The maximum Gasteiger partial charge on any atom is 0.241 e. The lowest BCUT2D eigenvalue weighted by Gasteiger charge is -2.23. The van der Waals surface area contributed by atoms with Crippen molar-refractivity contribution >= 4 is 35.8 Å². The Hall–Kier alpha value is -0.440. The molecule has 20 heavy (non-hydrogen) atoms. The maximum absolute atomic E-state index is 12.3. The van der Waals surface area contributed by atoms with E-state index in [0.29, 0.717) is 6.42 Å². The topological polar surface area (TPSA) is 80.3 Å². The second kappa shape index (κ2) is 5.08. The highest BCUT2D eigenvalue weighted by Crippen LogP contribution is 2.26. The third kappa shape index (κ3) is 3.41. The molecule has 1 fully saturated rings. The summed E-state index contributed by atoms with van der Waals surface area (Å²) in [4.78, 5) is 0.142. The number of benzene rings is 1. The molecule has 2 rings (SSSR count). The minimum atomic E-state index is -3.73.